The Morgan fingerprint density at radius 1 is 1.86 bits per heavy atom. The highest BCUT2D eigenvalue weighted by molar-refractivity contribution is 4.13. The van der Waals surface area contributed by atoms with Crippen molar-refractivity contribution in [2.24, 2.45) is 16.2 Å². The van der Waals surface area contributed by atoms with Crippen LogP contribution in [0, 0.1) is 5.21 Å². The second kappa shape index (κ2) is 3.47. The van der Waals surface area contributed by atoms with Gasteiger partial charge in [0, 0.05) is 5.28 Å². The van der Waals surface area contributed by atoms with Crippen molar-refractivity contribution >= 4 is 0 Å². The van der Waals surface area contributed by atoms with E-state index in [0.717, 1.165) is 0 Å². The summed E-state index contributed by atoms with van der Waals surface area (Å²) in [6.45, 7) is 0. The maximum atomic E-state index is 9.52. The van der Waals surface area contributed by atoms with Crippen molar-refractivity contribution in [3.8, 4) is 0 Å². The molecule has 7 heavy (non-hydrogen) atoms. The first-order valence-electron chi connectivity index (χ1n) is 1.45. The molecule has 0 aromatic rings. The van der Waals surface area contributed by atoms with Crippen LogP contribution in [0.15, 0.2) is 10.4 Å². The van der Waals surface area contributed by atoms with Crippen molar-refractivity contribution < 1.29 is 4.94 Å². The van der Waals surface area contributed by atoms with E-state index in [9.17, 15) is 5.21 Å². The smallest absolute Gasteiger partial charge is 0.0524 e. The molecule has 6 heteroatoms. The third kappa shape index (κ3) is 5.28. The Hall–Kier alpha value is -0.720. The van der Waals surface area contributed by atoms with Gasteiger partial charge >= 0.3 is 0 Å². The fourth-order valence-corrected chi connectivity index (χ4v) is 0.0725. The molecule has 0 aliphatic rings. The molecule has 0 atom stereocenters. The first-order chi connectivity index (χ1) is 3.27. The number of rotatable bonds is 2. The van der Waals surface area contributed by atoms with Gasteiger partial charge in [0.15, 0.2) is 0 Å². The molecule has 0 amide bonds. The van der Waals surface area contributed by atoms with Crippen LogP contribution < -0.4 is 5.84 Å². The Balaban J connectivity index is 2.97. The van der Waals surface area contributed by atoms with Crippen molar-refractivity contribution in [1.29, 1.82) is 0 Å². The number of nitrogens with two attached hydrogens (primary N) is 1. The first-order valence-corrected chi connectivity index (χ1v) is 1.45. The average molecular weight is 105 g/mol. The van der Waals surface area contributed by atoms with Crippen LogP contribution in [0.2, 0.25) is 0 Å². The van der Waals surface area contributed by atoms with Gasteiger partial charge in [0.2, 0.25) is 0 Å². The third-order valence-electron chi connectivity index (χ3n) is 0.199. The highest BCUT2D eigenvalue weighted by atomic mass is 17.0. The van der Waals surface area contributed by atoms with Gasteiger partial charge in [-0.1, -0.05) is 0 Å². The van der Waals surface area contributed by atoms with Gasteiger partial charge in [0.25, 0.3) is 0 Å². The summed E-state index contributed by atoms with van der Waals surface area (Å²) >= 11 is 0. The highest BCUT2D eigenvalue weighted by Crippen LogP contribution is 1.75. The molecule has 0 saturated heterocycles. The zero-order chi connectivity index (χ0) is 5.70. The van der Waals surface area contributed by atoms with Crippen molar-refractivity contribution in [2.45, 2.75) is 0 Å². The molecule has 0 aromatic carbocycles. The molecular weight excluding hydrogens is 100 g/mol. The maximum absolute atomic E-state index is 9.52. The van der Waals surface area contributed by atoms with Crippen LogP contribution in [0.25, 0.3) is 0 Å². The van der Waals surface area contributed by atoms with Crippen LogP contribution >= 0.6 is 0 Å². The van der Waals surface area contributed by atoms with Crippen molar-refractivity contribution in [3.63, 3.8) is 0 Å². The molecule has 6 nitrogen and oxygen atoms in total. The van der Waals surface area contributed by atoms with Crippen LogP contribution in [0.1, 0.15) is 0 Å². The molecule has 0 rings (SSSR count). The first kappa shape index (κ1) is 6.28. The minimum Gasteiger partial charge on any atom is -0.736 e. The van der Waals surface area contributed by atoms with E-state index in [0.29, 0.717) is 0 Å². The van der Waals surface area contributed by atoms with E-state index in [-0.39, 0.29) is 5.34 Å². The van der Waals surface area contributed by atoms with Gasteiger partial charge < -0.3 is 5.21 Å². The van der Waals surface area contributed by atoms with Crippen molar-refractivity contribution in [3.05, 3.63) is 5.21 Å². The summed E-state index contributed by atoms with van der Waals surface area (Å²) in [5.41, 5.74) is 0. The van der Waals surface area contributed by atoms with E-state index in [1.54, 1.807) is 0 Å². The monoisotopic (exact) mass is 105 g/mol. The van der Waals surface area contributed by atoms with Gasteiger partial charge in [-0.3, -0.25) is 4.94 Å². The molecular formula is CH5N4O2-. The topological polar surface area (TPSA) is 86.3 Å². The third-order valence-corrected chi connectivity index (χ3v) is 0.199. The Morgan fingerprint density at radius 2 is 2.43 bits per heavy atom. The SMILES string of the molecule is CN=NON(N)[O-]. The second-order valence-electron chi connectivity index (χ2n) is 0.649. The lowest BCUT2D eigenvalue weighted by atomic mass is 11.6. The Bertz CT molecular complexity index is 60.7. The Kier molecular flexibility index (Phi) is 3.11. The fraction of sp³-hybridized carbons (Fsp3) is 1.00. The molecule has 0 spiro atoms. The zero-order valence-electron chi connectivity index (χ0n) is 3.74. The number of hydrogen-bond donors (Lipinski definition) is 1. The molecule has 0 radical (unpaired) electrons. The van der Waals surface area contributed by atoms with Crippen LogP contribution in [0.5, 0.6) is 0 Å². The second-order valence-corrected chi connectivity index (χ2v) is 0.649. The normalized spacial score (nSPS) is 10.9. The van der Waals surface area contributed by atoms with Gasteiger partial charge in [0.1, 0.15) is 0 Å². The largest absolute Gasteiger partial charge is 0.736 e. The minimum absolute atomic E-state index is 0.299. The molecule has 0 bridgehead atoms. The average Bonchev–Trinajstić information content (AvgIpc) is 1.61. The molecule has 0 saturated carbocycles. The summed E-state index contributed by atoms with van der Waals surface area (Å²) in [5.74, 6) is 4.38. The summed E-state index contributed by atoms with van der Waals surface area (Å²) in [5, 5.41) is 15.1. The van der Waals surface area contributed by atoms with E-state index in [1.165, 1.54) is 7.05 Å². The lowest BCUT2D eigenvalue weighted by Crippen LogP contribution is -2.21. The molecule has 0 unspecified atom stereocenters. The summed E-state index contributed by atoms with van der Waals surface area (Å²) < 4.78 is 0. The van der Waals surface area contributed by atoms with Crippen LogP contribution in [0.3, 0.4) is 0 Å². The maximum Gasteiger partial charge on any atom is 0.0524 e. The quantitative estimate of drug-likeness (QED) is 0.294. The standard InChI is InChI=1S/CH5N4O2/c1-3-4-7-5(2)6/h2H2,1H3/q-1. The van der Waals surface area contributed by atoms with E-state index < -0.39 is 0 Å². The van der Waals surface area contributed by atoms with E-state index >= 15 is 0 Å². The molecule has 2 N–H and O–H groups in total. The summed E-state index contributed by atoms with van der Waals surface area (Å²) in [6, 6.07) is 0. The van der Waals surface area contributed by atoms with Gasteiger partial charge in [-0.05, 0) is 0 Å². The van der Waals surface area contributed by atoms with E-state index in [2.05, 4.69) is 21.2 Å². The minimum atomic E-state index is -0.299. The predicted octanol–water partition coefficient (Wildman–Crippen LogP) is -0.411. The molecule has 0 aliphatic carbocycles. The van der Waals surface area contributed by atoms with Crippen molar-refractivity contribution in [2.75, 3.05) is 7.05 Å². The summed E-state index contributed by atoms with van der Waals surface area (Å²) in [4.78, 5) is 3.70. The molecule has 0 aromatic heterocycles. The molecule has 42 valence electrons. The van der Waals surface area contributed by atoms with Crippen LogP contribution in [0.4, 0.5) is 0 Å². The number of hydrogen-bond acceptors (Lipinski definition) is 6. The summed E-state index contributed by atoms with van der Waals surface area (Å²) in [6.07, 6.45) is 0. The van der Waals surface area contributed by atoms with Crippen LogP contribution in [-0.2, 0) is 4.94 Å². The fourth-order valence-electron chi connectivity index (χ4n) is 0.0725. The molecule has 0 heterocycles. The number of nitrogens with zero attached hydrogens (tertiary/aromatic N) is 3. The van der Waals surface area contributed by atoms with E-state index in [1.807, 2.05) is 0 Å². The van der Waals surface area contributed by atoms with Gasteiger partial charge in [-0.2, -0.15) is 5.11 Å². The summed E-state index contributed by atoms with van der Waals surface area (Å²) in [7, 11) is 1.35. The Labute approximate surface area is 40.0 Å². The van der Waals surface area contributed by atoms with Gasteiger partial charge in [0.05, 0.1) is 7.05 Å². The number of hydrazine groups is 1. The van der Waals surface area contributed by atoms with E-state index in [4.69, 9.17) is 0 Å². The Morgan fingerprint density at radius 3 is 2.57 bits per heavy atom. The van der Waals surface area contributed by atoms with Crippen LogP contribution in [-0.4, -0.2) is 12.4 Å². The lowest BCUT2D eigenvalue weighted by Gasteiger charge is -2.13. The van der Waals surface area contributed by atoms with Gasteiger partial charge in [-0.15, -0.1) is 5.34 Å². The highest BCUT2D eigenvalue weighted by Gasteiger charge is 1.69. The van der Waals surface area contributed by atoms with Crippen molar-refractivity contribution in [1.82, 2.24) is 5.34 Å². The lowest BCUT2D eigenvalue weighted by molar-refractivity contribution is -0.131. The predicted molar refractivity (Wildman–Crippen MR) is 21.3 cm³/mol. The molecule has 0 fully saturated rings. The zero-order valence-corrected chi connectivity index (χ0v) is 3.74. The van der Waals surface area contributed by atoms with Gasteiger partial charge in [-0.25, -0.2) is 5.84 Å². The molecule has 0 aliphatic heterocycles.